The van der Waals surface area contributed by atoms with E-state index >= 15 is 0 Å². The Morgan fingerprint density at radius 2 is 2.06 bits per heavy atom. The highest BCUT2D eigenvalue weighted by molar-refractivity contribution is 6.30. The Labute approximate surface area is 110 Å². The standard InChI is InChI=1S/C13H15ClFNO2/c14-11-5-4-10(8-12(11)15)18-9-13(17)16-6-2-1-3-7-16/h4-5,8H,1-3,6-7,9H2. The van der Waals surface area contributed by atoms with Gasteiger partial charge >= 0.3 is 0 Å². The van der Waals surface area contributed by atoms with Gasteiger partial charge in [-0.15, -0.1) is 0 Å². The molecule has 1 aromatic rings. The maximum Gasteiger partial charge on any atom is 0.260 e. The summed E-state index contributed by atoms with van der Waals surface area (Å²) in [7, 11) is 0. The molecule has 5 heteroatoms. The minimum Gasteiger partial charge on any atom is -0.484 e. The first kappa shape index (κ1) is 13.1. The lowest BCUT2D eigenvalue weighted by atomic mass is 10.1. The Hall–Kier alpha value is -1.29. The third-order valence-electron chi connectivity index (χ3n) is 2.96. The summed E-state index contributed by atoms with van der Waals surface area (Å²) >= 11 is 5.56. The lowest BCUT2D eigenvalue weighted by Gasteiger charge is -2.26. The molecule has 98 valence electrons. The number of likely N-dealkylation sites (tertiary alicyclic amines) is 1. The van der Waals surface area contributed by atoms with Crippen molar-refractivity contribution in [1.82, 2.24) is 4.90 Å². The number of carbonyl (C=O) groups excluding carboxylic acids is 1. The number of benzene rings is 1. The molecule has 1 aliphatic rings. The molecule has 1 heterocycles. The zero-order valence-corrected chi connectivity index (χ0v) is 10.8. The predicted octanol–water partition coefficient (Wildman–Crippen LogP) is 2.87. The molecule has 1 amide bonds. The number of piperidine rings is 1. The third-order valence-corrected chi connectivity index (χ3v) is 3.27. The number of hydrogen-bond donors (Lipinski definition) is 0. The molecule has 1 aliphatic heterocycles. The van der Waals surface area contributed by atoms with Gasteiger partial charge in [-0.3, -0.25) is 4.79 Å². The largest absolute Gasteiger partial charge is 0.484 e. The lowest BCUT2D eigenvalue weighted by molar-refractivity contribution is -0.134. The number of halogens is 2. The van der Waals surface area contributed by atoms with Gasteiger partial charge in [0.05, 0.1) is 5.02 Å². The van der Waals surface area contributed by atoms with E-state index in [0.717, 1.165) is 25.9 Å². The Morgan fingerprint density at radius 3 is 2.72 bits per heavy atom. The fraction of sp³-hybridized carbons (Fsp3) is 0.462. The van der Waals surface area contributed by atoms with Gasteiger partial charge in [0.25, 0.3) is 5.91 Å². The van der Waals surface area contributed by atoms with Crippen LogP contribution < -0.4 is 4.74 Å². The number of carbonyl (C=O) groups is 1. The van der Waals surface area contributed by atoms with Crippen molar-refractivity contribution < 1.29 is 13.9 Å². The van der Waals surface area contributed by atoms with E-state index in [2.05, 4.69) is 0 Å². The zero-order chi connectivity index (χ0) is 13.0. The fourth-order valence-electron chi connectivity index (χ4n) is 1.95. The van der Waals surface area contributed by atoms with Crippen molar-refractivity contribution in [3.05, 3.63) is 29.0 Å². The van der Waals surface area contributed by atoms with Crippen LogP contribution in [-0.2, 0) is 4.79 Å². The zero-order valence-electron chi connectivity index (χ0n) is 9.99. The Balaban J connectivity index is 1.86. The minimum absolute atomic E-state index is 0.0460. The molecular weight excluding hydrogens is 257 g/mol. The summed E-state index contributed by atoms with van der Waals surface area (Å²) in [5, 5.41) is 0.0460. The van der Waals surface area contributed by atoms with Gasteiger partial charge in [-0.05, 0) is 31.4 Å². The van der Waals surface area contributed by atoms with E-state index in [-0.39, 0.29) is 17.5 Å². The maximum absolute atomic E-state index is 13.2. The van der Waals surface area contributed by atoms with Crippen molar-refractivity contribution >= 4 is 17.5 Å². The highest BCUT2D eigenvalue weighted by Crippen LogP contribution is 2.20. The Bertz CT molecular complexity index is 433. The average Bonchev–Trinajstić information content (AvgIpc) is 2.41. The second-order valence-corrected chi connectivity index (χ2v) is 4.71. The van der Waals surface area contributed by atoms with Crippen LogP contribution in [0.25, 0.3) is 0 Å². The van der Waals surface area contributed by atoms with E-state index in [1.54, 1.807) is 11.0 Å². The fourth-order valence-corrected chi connectivity index (χ4v) is 2.06. The first-order chi connectivity index (χ1) is 8.66. The van der Waals surface area contributed by atoms with Gasteiger partial charge in [0.15, 0.2) is 6.61 Å². The van der Waals surface area contributed by atoms with Gasteiger partial charge in [-0.1, -0.05) is 11.6 Å². The first-order valence-corrected chi connectivity index (χ1v) is 6.40. The Morgan fingerprint density at radius 1 is 1.33 bits per heavy atom. The summed E-state index contributed by atoms with van der Waals surface area (Å²) < 4.78 is 18.4. The second-order valence-electron chi connectivity index (χ2n) is 4.31. The van der Waals surface area contributed by atoms with Gasteiger partial charge in [0, 0.05) is 19.2 Å². The quantitative estimate of drug-likeness (QED) is 0.846. The number of hydrogen-bond acceptors (Lipinski definition) is 2. The van der Waals surface area contributed by atoms with Crippen LogP contribution in [-0.4, -0.2) is 30.5 Å². The topological polar surface area (TPSA) is 29.5 Å². The molecule has 3 nitrogen and oxygen atoms in total. The van der Waals surface area contributed by atoms with Crippen molar-refractivity contribution in [2.75, 3.05) is 19.7 Å². The molecule has 0 aliphatic carbocycles. The molecule has 0 radical (unpaired) electrons. The Kier molecular flexibility index (Phi) is 4.42. The molecule has 18 heavy (non-hydrogen) atoms. The van der Waals surface area contributed by atoms with Crippen LogP contribution in [0, 0.1) is 5.82 Å². The number of ether oxygens (including phenoxy) is 1. The molecule has 0 unspecified atom stereocenters. The van der Waals surface area contributed by atoms with Crippen molar-refractivity contribution in [1.29, 1.82) is 0 Å². The van der Waals surface area contributed by atoms with Crippen LogP contribution >= 0.6 is 11.6 Å². The molecule has 0 spiro atoms. The van der Waals surface area contributed by atoms with E-state index in [0.29, 0.717) is 5.75 Å². The van der Waals surface area contributed by atoms with E-state index in [1.165, 1.54) is 18.6 Å². The molecule has 1 aromatic carbocycles. The summed E-state index contributed by atoms with van der Waals surface area (Å²) in [5.41, 5.74) is 0. The number of amides is 1. The molecule has 0 N–H and O–H groups in total. The van der Waals surface area contributed by atoms with Gasteiger partial charge < -0.3 is 9.64 Å². The predicted molar refractivity (Wildman–Crippen MR) is 67.3 cm³/mol. The van der Waals surface area contributed by atoms with Crippen molar-refractivity contribution in [3.8, 4) is 5.75 Å². The van der Waals surface area contributed by atoms with Crippen LogP contribution in [0.4, 0.5) is 4.39 Å². The summed E-state index contributed by atoms with van der Waals surface area (Å²) in [4.78, 5) is 13.6. The minimum atomic E-state index is -0.542. The monoisotopic (exact) mass is 271 g/mol. The van der Waals surface area contributed by atoms with E-state index in [1.807, 2.05) is 0 Å². The van der Waals surface area contributed by atoms with Crippen LogP contribution in [0.5, 0.6) is 5.75 Å². The van der Waals surface area contributed by atoms with Crippen LogP contribution in [0.2, 0.25) is 5.02 Å². The maximum atomic E-state index is 13.2. The van der Waals surface area contributed by atoms with Gasteiger partial charge in [0.2, 0.25) is 0 Å². The second kappa shape index (κ2) is 6.05. The van der Waals surface area contributed by atoms with E-state index in [9.17, 15) is 9.18 Å². The highest BCUT2D eigenvalue weighted by Gasteiger charge is 2.16. The van der Waals surface area contributed by atoms with Gasteiger partial charge in [-0.25, -0.2) is 4.39 Å². The van der Waals surface area contributed by atoms with Gasteiger partial charge in [0.1, 0.15) is 11.6 Å². The van der Waals surface area contributed by atoms with Crippen molar-refractivity contribution in [3.63, 3.8) is 0 Å². The van der Waals surface area contributed by atoms with Crippen molar-refractivity contribution in [2.24, 2.45) is 0 Å². The molecule has 0 aromatic heterocycles. The molecule has 1 fully saturated rings. The summed E-state index contributed by atoms with van der Waals surface area (Å²) in [6, 6.07) is 4.15. The first-order valence-electron chi connectivity index (χ1n) is 6.02. The summed E-state index contributed by atoms with van der Waals surface area (Å²) in [6.07, 6.45) is 3.26. The van der Waals surface area contributed by atoms with E-state index in [4.69, 9.17) is 16.3 Å². The van der Waals surface area contributed by atoms with Gasteiger partial charge in [-0.2, -0.15) is 0 Å². The number of nitrogens with zero attached hydrogens (tertiary/aromatic N) is 1. The molecular formula is C13H15ClFNO2. The van der Waals surface area contributed by atoms with Crippen LogP contribution in [0.1, 0.15) is 19.3 Å². The molecule has 0 bridgehead atoms. The normalized spacial score (nSPS) is 15.6. The van der Waals surface area contributed by atoms with Crippen LogP contribution in [0.15, 0.2) is 18.2 Å². The number of rotatable bonds is 3. The van der Waals surface area contributed by atoms with Crippen LogP contribution in [0.3, 0.4) is 0 Å². The molecule has 1 saturated heterocycles. The average molecular weight is 272 g/mol. The molecule has 2 rings (SSSR count). The smallest absolute Gasteiger partial charge is 0.260 e. The van der Waals surface area contributed by atoms with E-state index < -0.39 is 5.82 Å². The molecule has 0 saturated carbocycles. The van der Waals surface area contributed by atoms with Crippen molar-refractivity contribution in [2.45, 2.75) is 19.3 Å². The lowest BCUT2D eigenvalue weighted by Crippen LogP contribution is -2.38. The summed E-state index contributed by atoms with van der Waals surface area (Å²) in [5.74, 6) is -0.271. The summed E-state index contributed by atoms with van der Waals surface area (Å²) in [6.45, 7) is 1.52. The highest BCUT2D eigenvalue weighted by atomic mass is 35.5. The third kappa shape index (κ3) is 3.35. The molecule has 0 atom stereocenters. The SMILES string of the molecule is O=C(COc1ccc(Cl)c(F)c1)N1CCCCC1.